The topological polar surface area (TPSA) is 54.5 Å². The Morgan fingerprint density at radius 1 is 1.26 bits per heavy atom. The van der Waals surface area contributed by atoms with E-state index in [1.165, 1.54) is 10.3 Å². The average Bonchev–Trinajstić information content (AvgIpc) is 3.04. The molecular formula is C21H25N3O2S. The zero-order valence-electron chi connectivity index (χ0n) is 16.0. The van der Waals surface area contributed by atoms with E-state index in [1.54, 1.807) is 18.4 Å². The Labute approximate surface area is 164 Å². The number of nitrogens with zero attached hydrogens (tertiary/aromatic N) is 2. The van der Waals surface area contributed by atoms with Crippen molar-refractivity contribution in [1.29, 1.82) is 0 Å². The highest BCUT2D eigenvalue weighted by Gasteiger charge is 2.11. The lowest BCUT2D eigenvalue weighted by Crippen LogP contribution is -2.35. The molecule has 0 saturated carbocycles. The lowest BCUT2D eigenvalue weighted by molar-refractivity contribution is -0.122. The molecule has 0 bridgehead atoms. The van der Waals surface area contributed by atoms with Gasteiger partial charge in [-0.25, -0.2) is 4.98 Å². The van der Waals surface area contributed by atoms with Crippen molar-refractivity contribution in [1.82, 2.24) is 15.2 Å². The molecule has 27 heavy (non-hydrogen) atoms. The van der Waals surface area contributed by atoms with Crippen molar-refractivity contribution in [3.05, 3.63) is 58.6 Å². The molecule has 6 heteroatoms. The van der Waals surface area contributed by atoms with E-state index in [1.807, 2.05) is 42.3 Å². The maximum absolute atomic E-state index is 12.2. The van der Waals surface area contributed by atoms with Crippen LogP contribution in [-0.4, -0.2) is 43.0 Å². The van der Waals surface area contributed by atoms with Gasteiger partial charge in [-0.05, 0) is 32.2 Å². The minimum atomic E-state index is 0.0187. The molecule has 0 atom stereocenters. The van der Waals surface area contributed by atoms with Crippen molar-refractivity contribution < 1.29 is 9.53 Å². The largest absolute Gasteiger partial charge is 0.496 e. The normalized spacial score (nSPS) is 11.1. The Hall–Kier alpha value is -2.44. The Bertz CT molecular complexity index is 890. The average molecular weight is 384 g/mol. The van der Waals surface area contributed by atoms with Crippen LogP contribution in [0.4, 0.5) is 0 Å². The summed E-state index contributed by atoms with van der Waals surface area (Å²) in [6, 6.07) is 14.2. The number of hydrogen-bond donors (Lipinski definition) is 1. The standard InChI is InChI=1S/C21H25N3O2S/c1-15-8-9-18(26-3)16(12-15)13-24(2)14-20(25)22-11-10-21-23-17-6-4-5-7-19(17)27-21/h4-9,12H,10-11,13-14H2,1-3H3,(H,22,25). The smallest absolute Gasteiger partial charge is 0.234 e. The summed E-state index contributed by atoms with van der Waals surface area (Å²) < 4.78 is 6.60. The van der Waals surface area contributed by atoms with Crippen molar-refractivity contribution in [2.24, 2.45) is 0 Å². The molecule has 3 rings (SSSR count). The van der Waals surface area contributed by atoms with Crippen LogP contribution in [0, 0.1) is 6.92 Å². The zero-order chi connectivity index (χ0) is 19.2. The molecule has 0 unspecified atom stereocenters. The van der Waals surface area contributed by atoms with Gasteiger partial charge in [-0.3, -0.25) is 9.69 Å². The number of thiazole rings is 1. The number of aryl methyl sites for hydroxylation is 1. The van der Waals surface area contributed by atoms with Crippen LogP contribution in [0.25, 0.3) is 10.2 Å². The van der Waals surface area contributed by atoms with E-state index in [9.17, 15) is 4.79 Å². The Balaban J connectivity index is 1.46. The first-order chi connectivity index (χ1) is 13.0. The maximum atomic E-state index is 12.2. The number of rotatable bonds is 8. The minimum Gasteiger partial charge on any atom is -0.496 e. The second kappa shape index (κ2) is 8.97. The van der Waals surface area contributed by atoms with Crippen molar-refractivity contribution in [3.8, 4) is 5.75 Å². The molecule has 1 amide bonds. The number of amides is 1. The summed E-state index contributed by atoms with van der Waals surface area (Å²) in [4.78, 5) is 18.8. The molecule has 0 saturated heterocycles. The van der Waals surface area contributed by atoms with Gasteiger partial charge in [0.05, 0.1) is 28.9 Å². The third-order valence-corrected chi connectivity index (χ3v) is 5.39. The summed E-state index contributed by atoms with van der Waals surface area (Å²) in [5.41, 5.74) is 3.29. The van der Waals surface area contributed by atoms with Gasteiger partial charge in [0.15, 0.2) is 0 Å². The van der Waals surface area contributed by atoms with E-state index >= 15 is 0 Å². The number of hydrogen-bond acceptors (Lipinski definition) is 5. The van der Waals surface area contributed by atoms with Gasteiger partial charge in [-0.1, -0.05) is 29.8 Å². The van der Waals surface area contributed by atoms with Crippen molar-refractivity contribution in [2.75, 3.05) is 27.2 Å². The molecule has 0 spiro atoms. The maximum Gasteiger partial charge on any atom is 0.234 e. The molecule has 0 aliphatic heterocycles. The molecule has 1 aromatic heterocycles. The van der Waals surface area contributed by atoms with E-state index in [4.69, 9.17) is 4.74 Å². The van der Waals surface area contributed by atoms with Crippen LogP contribution >= 0.6 is 11.3 Å². The summed E-state index contributed by atoms with van der Waals surface area (Å²) in [5.74, 6) is 0.869. The van der Waals surface area contributed by atoms with Crippen LogP contribution in [-0.2, 0) is 17.8 Å². The number of ether oxygens (including phenoxy) is 1. The highest BCUT2D eigenvalue weighted by Crippen LogP contribution is 2.22. The summed E-state index contributed by atoms with van der Waals surface area (Å²) >= 11 is 1.68. The predicted molar refractivity (Wildman–Crippen MR) is 110 cm³/mol. The first-order valence-electron chi connectivity index (χ1n) is 8.98. The predicted octanol–water partition coefficient (Wildman–Crippen LogP) is 3.40. The fourth-order valence-electron chi connectivity index (χ4n) is 3.01. The molecule has 0 fully saturated rings. The number of carbonyl (C=O) groups is 1. The lowest BCUT2D eigenvalue weighted by Gasteiger charge is -2.18. The van der Waals surface area contributed by atoms with Gasteiger partial charge in [0, 0.05) is 25.1 Å². The van der Waals surface area contributed by atoms with Crippen LogP contribution in [0.2, 0.25) is 0 Å². The number of likely N-dealkylation sites (N-methyl/N-ethyl adjacent to an activating group) is 1. The van der Waals surface area contributed by atoms with Crippen LogP contribution in [0.15, 0.2) is 42.5 Å². The van der Waals surface area contributed by atoms with E-state index in [0.717, 1.165) is 28.3 Å². The fraction of sp³-hybridized carbons (Fsp3) is 0.333. The van der Waals surface area contributed by atoms with Crippen LogP contribution in [0.1, 0.15) is 16.1 Å². The van der Waals surface area contributed by atoms with Gasteiger partial charge in [-0.15, -0.1) is 11.3 Å². The molecule has 142 valence electrons. The first-order valence-corrected chi connectivity index (χ1v) is 9.80. The highest BCUT2D eigenvalue weighted by molar-refractivity contribution is 7.18. The summed E-state index contributed by atoms with van der Waals surface area (Å²) in [7, 11) is 3.61. The number of nitrogens with one attached hydrogen (secondary N) is 1. The zero-order valence-corrected chi connectivity index (χ0v) is 16.8. The van der Waals surface area contributed by atoms with E-state index in [0.29, 0.717) is 19.6 Å². The van der Waals surface area contributed by atoms with Crippen molar-refractivity contribution in [3.63, 3.8) is 0 Å². The second-order valence-corrected chi connectivity index (χ2v) is 7.78. The number of methoxy groups -OCH3 is 1. The van der Waals surface area contributed by atoms with Crippen molar-refractivity contribution >= 4 is 27.5 Å². The van der Waals surface area contributed by atoms with E-state index in [-0.39, 0.29) is 5.91 Å². The Kier molecular flexibility index (Phi) is 6.42. The lowest BCUT2D eigenvalue weighted by atomic mass is 10.1. The van der Waals surface area contributed by atoms with Crippen molar-refractivity contribution in [2.45, 2.75) is 19.9 Å². The third-order valence-electron chi connectivity index (χ3n) is 4.29. The first kappa shape index (κ1) is 19.3. The highest BCUT2D eigenvalue weighted by atomic mass is 32.1. The molecular weight excluding hydrogens is 358 g/mol. The van der Waals surface area contributed by atoms with Gasteiger partial charge in [0.25, 0.3) is 0 Å². The fourth-order valence-corrected chi connectivity index (χ4v) is 3.98. The number of fused-ring (bicyclic) bond motifs is 1. The van der Waals surface area contributed by atoms with Gasteiger partial charge < -0.3 is 10.1 Å². The molecule has 0 aliphatic carbocycles. The molecule has 1 N–H and O–H groups in total. The molecule has 5 nitrogen and oxygen atoms in total. The second-order valence-electron chi connectivity index (χ2n) is 6.66. The Morgan fingerprint density at radius 3 is 2.85 bits per heavy atom. The molecule has 0 radical (unpaired) electrons. The molecule has 1 heterocycles. The van der Waals surface area contributed by atoms with Crippen LogP contribution < -0.4 is 10.1 Å². The van der Waals surface area contributed by atoms with Gasteiger partial charge in [0.2, 0.25) is 5.91 Å². The SMILES string of the molecule is COc1ccc(C)cc1CN(C)CC(=O)NCCc1nc2ccccc2s1. The number of aromatic nitrogens is 1. The monoisotopic (exact) mass is 383 g/mol. The van der Waals surface area contributed by atoms with Crippen LogP contribution in [0.5, 0.6) is 5.75 Å². The Morgan fingerprint density at radius 2 is 2.07 bits per heavy atom. The van der Waals surface area contributed by atoms with Gasteiger partial charge in [0.1, 0.15) is 5.75 Å². The quantitative estimate of drug-likeness (QED) is 0.648. The van der Waals surface area contributed by atoms with Gasteiger partial charge in [-0.2, -0.15) is 0 Å². The number of carbonyl (C=O) groups excluding carboxylic acids is 1. The molecule has 2 aromatic carbocycles. The van der Waals surface area contributed by atoms with E-state index < -0.39 is 0 Å². The minimum absolute atomic E-state index is 0.0187. The van der Waals surface area contributed by atoms with Crippen LogP contribution in [0.3, 0.4) is 0 Å². The number of benzene rings is 2. The summed E-state index contributed by atoms with van der Waals surface area (Å²) in [6.45, 7) is 3.66. The summed E-state index contributed by atoms with van der Waals surface area (Å²) in [6.07, 6.45) is 0.750. The molecule has 3 aromatic rings. The third kappa shape index (κ3) is 5.28. The van der Waals surface area contributed by atoms with E-state index in [2.05, 4.69) is 29.4 Å². The summed E-state index contributed by atoms with van der Waals surface area (Å²) in [5, 5.41) is 4.04. The number of para-hydroxylation sites is 1. The van der Waals surface area contributed by atoms with Gasteiger partial charge >= 0.3 is 0 Å². The molecule has 0 aliphatic rings.